The second-order valence-corrected chi connectivity index (χ2v) is 8.49. The topological polar surface area (TPSA) is 54.5 Å². The van der Waals surface area contributed by atoms with Crippen LogP contribution < -0.4 is 10.1 Å². The lowest BCUT2D eigenvalue weighted by molar-refractivity contribution is -0.127. The number of amides is 1. The smallest absolute Gasteiger partial charge is 0.223 e. The number of carbonyl (C=O) groups excluding carboxylic acids is 1. The molecule has 1 amide bonds. The maximum atomic E-state index is 13.1. The Balaban J connectivity index is 1.31. The highest BCUT2D eigenvalue weighted by Crippen LogP contribution is 2.25. The molecule has 1 aliphatic rings. The van der Waals surface area contributed by atoms with Crippen LogP contribution in [0, 0.1) is 5.92 Å². The normalized spacial score (nSPS) is 15.8. The number of likely N-dealkylation sites (tertiary alicyclic amines) is 1. The van der Waals surface area contributed by atoms with Crippen LogP contribution in [0.4, 0.5) is 0 Å². The van der Waals surface area contributed by atoms with Gasteiger partial charge in [0.2, 0.25) is 5.91 Å². The average molecular weight is 450 g/mol. The van der Waals surface area contributed by atoms with Crippen molar-refractivity contribution in [1.82, 2.24) is 15.2 Å². The van der Waals surface area contributed by atoms with Crippen molar-refractivity contribution in [2.45, 2.75) is 18.9 Å². The molecular weight excluding hydrogens is 422 g/mol. The number of ether oxygens (including phenoxy) is 1. The molecule has 4 rings (SSSR count). The number of benzene rings is 2. The van der Waals surface area contributed by atoms with Gasteiger partial charge in [-0.25, -0.2) is 0 Å². The van der Waals surface area contributed by atoms with E-state index in [2.05, 4.69) is 15.2 Å². The summed E-state index contributed by atoms with van der Waals surface area (Å²) < 4.78 is 5.81. The third-order valence-electron chi connectivity index (χ3n) is 5.91. The minimum Gasteiger partial charge on any atom is -0.492 e. The lowest BCUT2D eigenvalue weighted by Crippen LogP contribution is -2.42. The number of carbonyl (C=O) groups is 1. The van der Waals surface area contributed by atoms with Crippen LogP contribution in [0.2, 0.25) is 5.02 Å². The van der Waals surface area contributed by atoms with E-state index in [0.717, 1.165) is 49.4 Å². The predicted octanol–water partition coefficient (Wildman–Crippen LogP) is 4.73. The summed E-state index contributed by atoms with van der Waals surface area (Å²) >= 11 is 6.06. The fourth-order valence-electron chi connectivity index (χ4n) is 4.06. The van der Waals surface area contributed by atoms with Crippen LogP contribution in [0.1, 0.15) is 30.0 Å². The van der Waals surface area contributed by atoms with Crippen molar-refractivity contribution in [1.29, 1.82) is 0 Å². The van der Waals surface area contributed by atoms with Gasteiger partial charge in [0.05, 0.1) is 6.04 Å². The minimum absolute atomic E-state index is 0.0120. The minimum atomic E-state index is -0.222. The monoisotopic (exact) mass is 449 g/mol. The zero-order chi connectivity index (χ0) is 22.2. The number of hydrogen-bond acceptors (Lipinski definition) is 4. The molecule has 0 unspecified atom stereocenters. The standard InChI is InChI=1S/C26H28ClN3O2/c27-23-8-6-20(7-9-23)25(21-10-14-28-15-11-21)29-26(31)22-12-16-30(17-13-22)18-19-32-24-4-2-1-3-5-24/h1-11,14-15,22,25H,12-13,16-19H2,(H,29,31)/t25-/m1/s1. The first-order chi connectivity index (χ1) is 15.7. The van der Waals surface area contributed by atoms with Gasteiger partial charge < -0.3 is 10.1 Å². The molecule has 0 radical (unpaired) electrons. The fraction of sp³-hybridized carbons (Fsp3) is 0.308. The molecule has 1 aliphatic heterocycles. The van der Waals surface area contributed by atoms with Crippen LogP contribution in [-0.4, -0.2) is 42.0 Å². The molecule has 1 atom stereocenters. The van der Waals surface area contributed by atoms with Gasteiger partial charge in [-0.3, -0.25) is 14.7 Å². The Bertz CT molecular complexity index is 975. The summed E-state index contributed by atoms with van der Waals surface area (Å²) in [5.74, 6) is 1.01. The van der Waals surface area contributed by atoms with Gasteiger partial charge in [-0.1, -0.05) is 41.9 Å². The van der Waals surface area contributed by atoms with E-state index in [1.54, 1.807) is 12.4 Å². The molecule has 0 aliphatic carbocycles. The third kappa shape index (κ3) is 6.09. The van der Waals surface area contributed by atoms with E-state index in [1.807, 2.05) is 66.7 Å². The molecule has 1 N–H and O–H groups in total. The van der Waals surface area contributed by atoms with Crippen molar-refractivity contribution < 1.29 is 9.53 Å². The van der Waals surface area contributed by atoms with Gasteiger partial charge in [0.1, 0.15) is 12.4 Å². The van der Waals surface area contributed by atoms with Gasteiger partial charge in [0.25, 0.3) is 0 Å². The zero-order valence-corrected chi connectivity index (χ0v) is 18.7. The van der Waals surface area contributed by atoms with Crippen LogP contribution in [0.5, 0.6) is 5.75 Å². The Labute approximate surface area is 194 Å². The Morgan fingerprint density at radius 3 is 2.34 bits per heavy atom. The van der Waals surface area contributed by atoms with E-state index in [0.29, 0.717) is 11.6 Å². The van der Waals surface area contributed by atoms with Crippen LogP contribution in [0.15, 0.2) is 79.1 Å². The Morgan fingerprint density at radius 2 is 1.66 bits per heavy atom. The molecule has 2 heterocycles. The average Bonchev–Trinajstić information content (AvgIpc) is 2.85. The number of aromatic nitrogens is 1. The van der Waals surface area contributed by atoms with Gasteiger partial charge in [-0.2, -0.15) is 0 Å². The van der Waals surface area contributed by atoms with Crippen molar-refractivity contribution in [2.75, 3.05) is 26.2 Å². The Kier molecular flexibility index (Phi) is 7.75. The maximum Gasteiger partial charge on any atom is 0.223 e. The first kappa shape index (κ1) is 22.3. The zero-order valence-electron chi connectivity index (χ0n) is 18.0. The van der Waals surface area contributed by atoms with Gasteiger partial charge in [-0.05, 0) is 73.5 Å². The summed E-state index contributed by atoms with van der Waals surface area (Å²) in [5.41, 5.74) is 2.01. The highest BCUT2D eigenvalue weighted by atomic mass is 35.5. The van der Waals surface area contributed by atoms with E-state index < -0.39 is 0 Å². The van der Waals surface area contributed by atoms with Crippen molar-refractivity contribution in [3.8, 4) is 5.75 Å². The maximum absolute atomic E-state index is 13.1. The van der Waals surface area contributed by atoms with E-state index in [4.69, 9.17) is 16.3 Å². The van der Waals surface area contributed by atoms with E-state index in [9.17, 15) is 4.79 Å². The molecule has 6 heteroatoms. The van der Waals surface area contributed by atoms with Crippen LogP contribution in [0.25, 0.3) is 0 Å². The largest absolute Gasteiger partial charge is 0.492 e. The number of hydrogen-bond donors (Lipinski definition) is 1. The molecule has 5 nitrogen and oxygen atoms in total. The molecular formula is C26H28ClN3O2. The van der Waals surface area contributed by atoms with Gasteiger partial charge >= 0.3 is 0 Å². The van der Waals surface area contributed by atoms with Crippen molar-refractivity contribution >= 4 is 17.5 Å². The van der Waals surface area contributed by atoms with Crippen LogP contribution in [-0.2, 0) is 4.79 Å². The number of para-hydroxylation sites is 1. The number of piperidine rings is 1. The molecule has 0 bridgehead atoms. The van der Waals surface area contributed by atoms with Crippen molar-refractivity contribution in [3.63, 3.8) is 0 Å². The molecule has 0 saturated carbocycles. The summed E-state index contributed by atoms with van der Waals surface area (Å²) in [5, 5.41) is 3.94. The summed E-state index contributed by atoms with van der Waals surface area (Å²) in [6.07, 6.45) is 5.20. The van der Waals surface area contributed by atoms with Crippen molar-refractivity contribution in [2.24, 2.45) is 5.92 Å². The summed E-state index contributed by atoms with van der Waals surface area (Å²) in [6, 6.07) is 21.2. The molecule has 1 saturated heterocycles. The molecule has 0 spiro atoms. The third-order valence-corrected chi connectivity index (χ3v) is 6.16. The Morgan fingerprint density at radius 1 is 1.00 bits per heavy atom. The summed E-state index contributed by atoms with van der Waals surface area (Å²) in [7, 11) is 0. The van der Waals surface area contributed by atoms with Gasteiger partial charge in [0.15, 0.2) is 0 Å². The summed E-state index contributed by atoms with van der Waals surface area (Å²) in [6.45, 7) is 3.32. The predicted molar refractivity (Wildman–Crippen MR) is 127 cm³/mol. The SMILES string of the molecule is O=C(N[C@@H](c1ccncc1)c1ccc(Cl)cc1)C1CCN(CCOc2ccccc2)CC1. The van der Waals surface area contributed by atoms with Crippen LogP contribution >= 0.6 is 11.6 Å². The first-order valence-corrected chi connectivity index (χ1v) is 11.4. The first-order valence-electron chi connectivity index (χ1n) is 11.0. The molecule has 2 aromatic carbocycles. The second kappa shape index (κ2) is 11.1. The number of pyridine rings is 1. The van der Waals surface area contributed by atoms with E-state index in [1.165, 1.54) is 0 Å². The molecule has 3 aromatic rings. The second-order valence-electron chi connectivity index (χ2n) is 8.05. The van der Waals surface area contributed by atoms with E-state index in [-0.39, 0.29) is 17.9 Å². The molecule has 1 aromatic heterocycles. The number of halogens is 1. The number of nitrogens with one attached hydrogen (secondary N) is 1. The number of nitrogens with zero attached hydrogens (tertiary/aromatic N) is 2. The van der Waals surface area contributed by atoms with E-state index >= 15 is 0 Å². The molecule has 166 valence electrons. The van der Waals surface area contributed by atoms with Crippen molar-refractivity contribution in [3.05, 3.63) is 95.3 Å². The molecule has 32 heavy (non-hydrogen) atoms. The molecule has 1 fully saturated rings. The highest BCUT2D eigenvalue weighted by molar-refractivity contribution is 6.30. The summed E-state index contributed by atoms with van der Waals surface area (Å²) in [4.78, 5) is 19.6. The Hall–Kier alpha value is -2.89. The number of rotatable bonds is 8. The van der Waals surface area contributed by atoms with Crippen LogP contribution in [0.3, 0.4) is 0 Å². The highest BCUT2D eigenvalue weighted by Gasteiger charge is 2.27. The van der Waals surface area contributed by atoms with Gasteiger partial charge in [-0.15, -0.1) is 0 Å². The quantitative estimate of drug-likeness (QED) is 0.540. The lowest BCUT2D eigenvalue weighted by atomic mass is 9.93. The lowest BCUT2D eigenvalue weighted by Gasteiger charge is -2.32. The fourth-order valence-corrected chi connectivity index (χ4v) is 4.18. The van der Waals surface area contributed by atoms with Gasteiger partial charge in [0, 0.05) is 29.9 Å².